The second-order valence-corrected chi connectivity index (χ2v) is 4.82. The van der Waals surface area contributed by atoms with E-state index in [1.807, 2.05) is 60.7 Å². The topological polar surface area (TPSA) is 43.4 Å². The summed E-state index contributed by atoms with van der Waals surface area (Å²) in [5.74, 6) is -1.20. The minimum atomic E-state index is -0.744. The van der Waals surface area contributed by atoms with Crippen LogP contribution in [0.25, 0.3) is 0 Å². The van der Waals surface area contributed by atoms with Gasteiger partial charge < -0.3 is 4.74 Å². The Kier molecular flexibility index (Phi) is 5.71. The molecule has 3 nitrogen and oxygen atoms in total. The van der Waals surface area contributed by atoms with Crippen LogP contribution < -0.4 is 0 Å². The van der Waals surface area contributed by atoms with Crippen LogP contribution in [0.2, 0.25) is 0 Å². The van der Waals surface area contributed by atoms with Gasteiger partial charge in [-0.3, -0.25) is 4.79 Å². The Morgan fingerprint density at radius 3 is 2.00 bits per heavy atom. The zero-order chi connectivity index (χ0) is 14.9. The van der Waals surface area contributed by atoms with Crippen molar-refractivity contribution in [2.45, 2.75) is 25.9 Å². The number of ether oxygens (including phenoxy) is 1. The number of hydrogen-bond acceptors (Lipinski definition) is 3. The first-order chi connectivity index (χ1) is 10.3. The molecule has 3 heteroatoms. The van der Waals surface area contributed by atoms with Gasteiger partial charge in [0.25, 0.3) is 0 Å². The molecule has 0 aliphatic carbocycles. The average Bonchev–Trinajstić information content (AvgIpc) is 2.54. The first-order valence-electron chi connectivity index (χ1n) is 7.03. The maximum Gasteiger partial charge on any atom is 0.374 e. The van der Waals surface area contributed by atoms with Gasteiger partial charge in [-0.05, 0) is 24.0 Å². The summed E-state index contributed by atoms with van der Waals surface area (Å²) in [5.41, 5.74) is 2.05. The molecule has 2 rings (SSSR count). The molecule has 0 aliphatic rings. The highest BCUT2D eigenvalue weighted by molar-refractivity contribution is 6.33. The number of benzene rings is 2. The lowest BCUT2D eigenvalue weighted by Crippen LogP contribution is -2.17. The summed E-state index contributed by atoms with van der Waals surface area (Å²) in [6.07, 6.45) is 1.67. The molecule has 0 unspecified atom stereocenters. The smallest absolute Gasteiger partial charge is 0.374 e. The van der Waals surface area contributed by atoms with Gasteiger partial charge in [0.2, 0.25) is 5.78 Å². The van der Waals surface area contributed by atoms with Gasteiger partial charge in [-0.25, -0.2) is 4.79 Å². The lowest BCUT2D eigenvalue weighted by Gasteiger charge is -2.04. The molecule has 0 bridgehead atoms. The highest BCUT2D eigenvalue weighted by Gasteiger charge is 2.14. The predicted molar refractivity (Wildman–Crippen MR) is 80.6 cm³/mol. The monoisotopic (exact) mass is 282 g/mol. The Bertz CT molecular complexity index is 576. The van der Waals surface area contributed by atoms with Crippen LogP contribution in [-0.4, -0.2) is 11.8 Å². The third kappa shape index (κ3) is 5.22. The van der Waals surface area contributed by atoms with Gasteiger partial charge >= 0.3 is 5.97 Å². The van der Waals surface area contributed by atoms with Crippen molar-refractivity contribution in [3.63, 3.8) is 0 Å². The largest absolute Gasteiger partial charge is 0.455 e. The molecule has 0 heterocycles. The number of rotatable bonds is 7. The molecule has 21 heavy (non-hydrogen) atoms. The van der Waals surface area contributed by atoms with Crippen molar-refractivity contribution >= 4 is 11.8 Å². The normalized spacial score (nSPS) is 10.1. The second-order valence-electron chi connectivity index (χ2n) is 4.82. The zero-order valence-electron chi connectivity index (χ0n) is 11.8. The molecule has 0 spiro atoms. The molecular weight excluding hydrogens is 264 g/mol. The van der Waals surface area contributed by atoms with Crippen LogP contribution in [0.1, 0.15) is 24.0 Å². The Hall–Kier alpha value is -2.42. The second kappa shape index (κ2) is 8.00. The van der Waals surface area contributed by atoms with E-state index in [9.17, 15) is 9.59 Å². The number of Topliss-reactive ketones (excluding diaryl/α,β-unsaturated/α-hetero) is 1. The number of carbonyl (C=O) groups is 2. The van der Waals surface area contributed by atoms with E-state index in [1.54, 1.807) is 0 Å². The van der Waals surface area contributed by atoms with Gasteiger partial charge in [-0.2, -0.15) is 0 Å². The molecular formula is C18H18O3. The molecule has 108 valence electrons. The molecule has 0 saturated heterocycles. The molecule has 0 atom stereocenters. The van der Waals surface area contributed by atoms with Crippen molar-refractivity contribution < 1.29 is 14.3 Å². The fourth-order valence-corrected chi connectivity index (χ4v) is 2.00. The number of hydrogen-bond donors (Lipinski definition) is 0. The van der Waals surface area contributed by atoms with Gasteiger partial charge in [0.05, 0.1) is 0 Å². The van der Waals surface area contributed by atoms with E-state index in [2.05, 4.69) is 0 Å². The minimum Gasteiger partial charge on any atom is -0.455 e. The first kappa shape index (κ1) is 15.0. The summed E-state index contributed by atoms with van der Waals surface area (Å²) in [7, 11) is 0. The summed E-state index contributed by atoms with van der Waals surface area (Å²) in [6.45, 7) is 0.143. The maximum absolute atomic E-state index is 11.7. The van der Waals surface area contributed by atoms with E-state index >= 15 is 0 Å². The van der Waals surface area contributed by atoms with Gasteiger partial charge in [0.1, 0.15) is 6.61 Å². The Balaban J connectivity index is 1.69. The predicted octanol–water partition coefficient (Wildman–Crippen LogP) is 3.32. The Morgan fingerprint density at radius 1 is 0.810 bits per heavy atom. The van der Waals surface area contributed by atoms with Crippen LogP contribution in [0.5, 0.6) is 0 Å². The quantitative estimate of drug-likeness (QED) is 0.578. The van der Waals surface area contributed by atoms with E-state index < -0.39 is 11.8 Å². The molecule has 0 amide bonds. The first-order valence-corrected chi connectivity index (χ1v) is 7.03. The highest BCUT2D eigenvalue weighted by atomic mass is 16.5. The fourth-order valence-electron chi connectivity index (χ4n) is 2.00. The highest BCUT2D eigenvalue weighted by Crippen LogP contribution is 2.06. The Labute approximate surface area is 124 Å². The molecule has 0 N–H and O–H groups in total. The van der Waals surface area contributed by atoms with Crippen LogP contribution >= 0.6 is 0 Å². The summed E-state index contributed by atoms with van der Waals surface area (Å²) in [6, 6.07) is 19.2. The number of aryl methyl sites for hydroxylation is 1. The van der Waals surface area contributed by atoms with E-state index in [-0.39, 0.29) is 13.0 Å². The van der Waals surface area contributed by atoms with Crippen LogP contribution in [-0.2, 0) is 27.4 Å². The third-order valence-electron chi connectivity index (χ3n) is 3.15. The van der Waals surface area contributed by atoms with Gasteiger partial charge in [-0.15, -0.1) is 0 Å². The maximum atomic E-state index is 11.7. The minimum absolute atomic E-state index is 0.143. The SMILES string of the molecule is O=C(CCCc1ccccc1)C(=O)OCc1ccccc1. The third-order valence-corrected chi connectivity index (χ3v) is 3.15. The molecule has 0 aromatic heterocycles. The van der Waals surface area contributed by atoms with Crippen molar-refractivity contribution in [1.82, 2.24) is 0 Å². The molecule has 0 saturated carbocycles. The van der Waals surface area contributed by atoms with Crippen LogP contribution in [0.4, 0.5) is 0 Å². The van der Waals surface area contributed by atoms with Crippen molar-refractivity contribution in [2.75, 3.05) is 0 Å². The standard InChI is InChI=1S/C18H18O3/c19-17(13-7-12-15-8-3-1-4-9-15)18(20)21-14-16-10-5-2-6-11-16/h1-6,8-11H,7,12-14H2. The molecule has 2 aromatic carbocycles. The van der Waals surface area contributed by atoms with Crippen LogP contribution in [0.3, 0.4) is 0 Å². The summed E-state index contributed by atoms with van der Waals surface area (Å²) < 4.78 is 5.00. The lowest BCUT2D eigenvalue weighted by molar-refractivity contribution is -0.154. The van der Waals surface area contributed by atoms with Gasteiger partial charge in [0, 0.05) is 6.42 Å². The van der Waals surface area contributed by atoms with Gasteiger partial charge in [-0.1, -0.05) is 60.7 Å². The van der Waals surface area contributed by atoms with Crippen LogP contribution in [0.15, 0.2) is 60.7 Å². The van der Waals surface area contributed by atoms with E-state index in [0.29, 0.717) is 6.42 Å². The van der Waals surface area contributed by atoms with Crippen LogP contribution in [0, 0.1) is 0 Å². The van der Waals surface area contributed by atoms with E-state index in [4.69, 9.17) is 4.74 Å². The number of esters is 1. The lowest BCUT2D eigenvalue weighted by atomic mass is 10.1. The van der Waals surface area contributed by atoms with Crippen molar-refractivity contribution in [3.05, 3.63) is 71.8 Å². The van der Waals surface area contributed by atoms with Crippen molar-refractivity contribution in [2.24, 2.45) is 0 Å². The molecule has 0 fully saturated rings. The zero-order valence-corrected chi connectivity index (χ0v) is 11.8. The molecule has 2 aromatic rings. The molecule has 0 radical (unpaired) electrons. The number of ketones is 1. The van der Waals surface area contributed by atoms with E-state index in [0.717, 1.165) is 12.0 Å². The van der Waals surface area contributed by atoms with Crippen molar-refractivity contribution in [1.29, 1.82) is 0 Å². The van der Waals surface area contributed by atoms with Crippen molar-refractivity contribution in [3.8, 4) is 0 Å². The fraction of sp³-hybridized carbons (Fsp3) is 0.222. The summed E-state index contributed by atoms with van der Waals surface area (Å²) in [4.78, 5) is 23.3. The Morgan fingerprint density at radius 2 is 1.38 bits per heavy atom. The summed E-state index contributed by atoms with van der Waals surface area (Å²) >= 11 is 0. The van der Waals surface area contributed by atoms with E-state index in [1.165, 1.54) is 5.56 Å². The molecule has 0 aliphatic heterocycles. The average molecular weight is 282 g/mol. The van der Waals surface area contributed by atoms with Gasteiger partial charge in [0.15, 0.2) is 0 Å². The number of carbonyl (C=O) groups excluding carboxylic acids is 2. The summed E-state index contributed by atoms with van der Waals surface area (Å²) in [5, 5.41) is 0.